The van der Waals surface area contributed by atoms with E-state index in [0.29, 0.717) is 18.9 Å². The van der Waals surface area contributed by atoms with Crippen LogP contribution in [0, 0.1) is 17.5 Å². The standard InChI is InChI=1S/C9H9F3/c1-2-3-6-4-8(11)9(12)5-7(6)10/h4-5H,2-3H2,1H3. The van der Waals surface area contributed by atoms with Gasteiger partial charge in [0.15, 0.2) is 11.6 Å². The van der Waals surface area contributed by atoms with E-state index in [0.717, 1.165) is 6.07 Å². The number of aryl methyl sites for hydroxylation is 1. The largest absolute Gasteiger partial charge is 0.207 e. The fraction of sp³-hybridized carbons (Fsp3) is 0.333. The average Bonchev–Trinajstić information content (AvgIpc) is 2.01. The molecule has 0 aromatic heterocycles. The molecule has 1 aromatic carbocycles. The van der Waals surface area contributed by atoms with Gasteiger partial charge in [-0.3, -0.25) is 0 Å². The van der Waals surface area contributed by atoms with E-state index >= 15 is 0 Å². The van der Waals surface area contributed by atoms with Crippen molar-refractivity contribution in [2.45, 2.75) is 19.8 Å². The van der Waals surface area contributed by atoms with Gasteiger partial charge in [0.05, 0.1) is 0 Å². The molecule has 0 radical (unpaired) electrons. The lowest BCUT2D eigenvalue weighted by atomic mass is 10.1. The van der Waals surface area contributed by atoms with E-state index in [4.69, 9.17) is 0 Å². The van der Waals surface area contributed by atoms with Crippen molar-refractivity contribution in [1.82, 2.24) is 0 Å². The molecule has 66 valence electrons. The first-order chi connectivity index (χ1) is 5.65. The van der Waals surface area contributed by atoms with E-state index in [-0.39, 0.29) is 5.56 Å². The van der Waals surface area contributed by atoms with Crippen LogP contribution in [0.1, 0.15) is 18.9 Å². The van der Waals surface area contributed by atoms with Crippen LogP contribution < -0.4 is 0 Å². The van der Waals surface area contributed by atoms with Crippen LogP contribution >= 0.6 is 0 Å². The van der Waals surface area contributed by atoms with Crippen LogP contribution in [0.4, 0.5) is 13.2 Å². The lowest BCUT2D eigenvalue weighted by Gasteiger charge is -2.01. The molecule has 0 aliphatic heterocycles. The third kappa shape index (κ3) is 1.78. The minimum atomic E-state index is -1.13. The van der Waals surface area contributed by atoms with E-state index in [2.05, 4.69) is 0 Å². The Morgan fingerprint density at radius 2 is 1.58 bits per heavy atom. The van der Waals surface area contributed by atoms with Gasteiger partial charge in [-0.15, -0.1) is 0 Å². The van der Waals surface area contributed by atoms with Crippen LogP contribution in [-0.4, -0.2) is 0 Å². The Balaban J connectivity index is 3.05. The third-order valence-corrected chi connectivity index (χ3v) is 1.61. The normalized spacial score (nSPS) is 10.3. The number of hydrogen-bond acceptors (Lipinski definition) is 0. The molecule has 0 spiro atoms. The van der Waals surface area contributed by atoms with Gasteiger partial charge in [-0.1, -0.05) is 13.3 Å². The Morgan fingerprint density at radius 3 is 2.17 bits per heavy atom. The van der Waals surface area contributed by atoms with Crippen molar-refractivity contribution in [3.8, 4) is 0 Å². The number of rotatable bonds is 2. The second kappa shape index (κ2) is 3.61. The number of hydrogen-bond donors (Lipinski definition) is 0. The molecule has 0 aliphatic carbocycles. The first kappa shape index (κ1) is 9.10. The Kier molecular flexibility index (Phi) is 2.74. The van der Waals surface area contributed by atoms with E-state index in [1.807, 2.05) is 6.92 Å². The Morgan fingerprint density at radius 1 is 1.00 bits per heavy atom. The van der Waals surface area contributed by atoms with E-state index in [9.17, 15) is 13.2 Å². The van der Waals surface area contributed by atoms with Gasteiger partial charge in [0.25, 0.3) is 0 Å². The monoisotopic (exact) mass is 174 g/mol. The summed E-state index contributed by atoms with van der Waals surface area (Å²) in [6, 6.07) is 1.49. The molecule has 3 heteroatoms. The van der Waals surface area contributed by atoms with Gasteiger partial charge in [-0.2, -0.15) is 0 Å². The molecule has 0 saturated heterocycles. The molecule has 0 unspecified atom stereocenters. The summed E-state index contributed by atoms with van der Waals surface area (Å²) in [7, 11) is 0. The zero-order chi connectivity index (χ0) is 9.14. The first-order valence-corrected chi connectivity index (χ1v) is 3.78. The summed E-state index contributed by atoms with van der Waals surface area (Å²) in [5.74, 6) is -2.79. The summed E-state index contributed by atoms with van der Waals surface area (Å²) in [6.45, 7) is 1.85. The smallest absolute Gasteiger partial charge is 0.161 e. The van der Waals surface area contributed by atoms with Crippen LogP contribution in [0.3, 0.4) is 0 Å². The predicted octanol–water partition coefficient (Wildman–Crippen LogP) is 3.06. The molecule has 0 bridgehead atoms. The maximum atomic E-state index is 12.8. The molecule has 12 heavy (non-hydrogen) atoms. The highest BCUT2D eigenvalue weighted by Gasteiger charge is 2.08. The molecule has 0 saturated carbocycles. The lowest BCUT2D eigenvalue weighted by molar-refractivity contribution is 0.489. The van der Waals surface area contributed by atoms with Gasteiger partial charge in [-0.05, 0) is 18.1 Å². The van der Waals surface area contributed by atoms with Gasteiger partial charge in [0.2, 0.25) is 0 Å². The zero-order valence-corrected chi connectivity index (χ0v) is 6.70. The first-order valence-electron chi connectivity index (χ1n) is 3.78. The second-order valence-corrected chi connectivity index (χ2v) is 2.61. The molecule has 0 atom stereocenters. The van der Waals surface area contributed by atoms with E-state index < -0.39 is 17.5 Å². The molecule has 0 N–H and O–H groups in total. The molecule has 0 heterocycles. The summed E-state index contributed by atoms with van der Waals surface area (Å²) in [4.78, 5) is 0. The highest BCUT2D eigenvalue weighted by molar-refractivity contribution is 5.20. The SMILES string of the molecule is CCCc1cc(F)c(F)cc1F. The quantitative estimate of drug-likeness (QED) is 0.604. The van der Waals surface area contributed by atoms with Crippen LogP contribution in [0.2, 0.25) is 0 Å². The molecule has 0 fully saturated rings. The van der Waals surface area contributed by atoms with Crippen molar-refractivity contribution < 1.29 is 13.2 Å². The van der Waals surface area contributed by atoms with Gasteiger partial charge in [-0.25, -0.2) is 13.2 Å². The third-order valence-electron chi connectivity index (χ3n) is 1.61. The minimum Gasteiger partial charge on any atom is -0.207 e. The van der Waals surface area contributed by atoms with Crippen LogP contribution in [0.25, 0.3) is 0 Å². The molecule has 1 rings (SSSR count). The van der Waals surface area contributed by atoms with Crippen LogP contribution in [0.15, 0.2) is 12.1 Å². The number of benzene rings is 1. The highest BCUT2D eigenvalue weighted by Crippen LogP contribution is 2.14. The summed E-state index contributed by atoms with van der Waals surface area (Å²) < 4.78 is 37.7. The van der Waals surface area contributed by atoms with Gasteiger partial charge < -0.3 is 0 Å². The molecular formula is C9H9F3. The molecule has 0 nitrogen and oxygen atoms in total. The van der Waals surface area contributed by atoms with Crippen LogP contribution in [-0.2, 0) is 6.42 Å². The fourth-order valence-corrected chi connectivity index (χ4v) is 1.02. The summed E-state index contributed by atoms with van der Waals surface area (Å²) in [5, 5.41) is 0. The van der Waals surface area contributed by atoms with Crippen molar-refractivity contribution in [2.24, 2.45) is 0 Å². The number of halogens is 3. The molecule has 1 aromatic rings. The molecule has 0 aliphatic rings. The van der Waals surface area contributed by atoms with Crippen molar-refractivity contribution in [3.05, 3.63) is 35.1 Å². The average molecular weight is 174 g/mol. The Bertz CT molecular complexity index is 281. The minimum absolute atomic E-state index is 0.233. The van der Waals surface area contributed by atoms with Crippen molar-refractivity contribution >= 4 is 0 Å². The maximum Gasteiger partial charge on any atom is 0.161 e. The fourth-order valence-electron chi connectivity index (χ4n) is 1.02. The molecule has 0 amide bonds. The lowest BCUT2D eigenvalue weighted by Crippen LogP contribution is -1.94. The van der Waals surface area contributed by atoms with Gasteiger partial charge >= 0.3 is 0 Å². The summed E-state index contributed by atoms with van der Waals surface area (Å²) in [6.07, 6.45) is 1.14. The molecular weight excluding hydrogens is 165 g/mol. The summed E-state index contributed by atoms with van der Waals surface area (Å²) in [5.41, 5.74) is 0.233. The van der Waals surface area contributed by atoms with Crippen molar-refractivity contribution in [2.75, 3.05) is 0 Å². The Hall–Kier alpha value is -0.990. The van der Waals surface area contributed by atoms with Crippen molar-refractivity contribution in [1.29, 1.82) is 0 Å². The van der Waals surface area contributed by atoms with Crippen LogP contribution in [0.5, 0.6) is 0 Å². The highest BCUT2D eigenvalue weighted by atomic mass is 19.2. The van der Waals surface area contributed by atoms with Crippen molar-refractivity contribution in [3.63, 3.8) is 0 Å². The Labute approximate surface area is 69.0 Å². The topological polar surface area (TPSA) is 0 Å². The van der Waals surface area contributed by atoms with Gasteiger partial charge in [0, 0.05) is 6.07 Å². The zero-order valence-electron chi connectivity index (χ0n) is 6.70. The summed E-state index contributed by atoms with van der Waals surface area (Å²) >= 11 is 0. The van der Waals surface area contributed by atoms with E-state index in [1.54, 1.807) is 0 Å². The van der Waals surface area contributed by atoms with Gasteiger partial charge in [0.1, 0.15) is 5.82 Å². The maximum absolute atomic E-state index is 12.8. The van der Waals surface area contributed by atoms with E-state index in [1.165, 1.54) is 0 Å². The predicted molar refractivity (Wildman–Crippen MR) is 40.3 cm³/mol. The second-order valence-electron chi connectivity index (χ2n) is 2.61.